The van der Waals surface area contributed by atoms with E-state index in [-0.39, 0.29) is 17.7 Å². The lowest BCUT2D eigenvalue weighted by molar-refractivity contribution is -0.134. The molecule has 1 saturated heterocycles. The third-order valence-corrected chi connectivity index (χ3v) is 4.10. The monoisotopic (exact) mass is 325 g/mol. The van der Waals surface area contributed by atoms with Crippen molar-refractivity contribution >= 4 is 35.0 Å². The highest BCUT2D eigenvalue weighted by Gasteiger charge is 2.44. The van der Waals surface area contributed by atoms with E-state index >= 15 is 0 Å². The molecule has 1 fully saturated rings. The van der Waals surface area contributed by atoms with Crippen molar-refractivity contribution in [2.75, 3.05) is 25.5 Å². The third-order valence-electron chi connectivity index (χ3n) is 4.10. The molecule has 2 aliphatic rings. The molecule has 0 aromatic heterocycles. The molecule has 0 radical (unpaired) electrons. The predicted octanol–water partition coefficient (Wildman–Crippen LogP) is 1.02. The molecule has 1 aromatic carbocycles. The Morgan fingerprint density at radius 2 is 1.50 bits per heavy atom. The van der Waals surface area contributed by atoms with Gasteiger partial charge >= 0.3 is 6.03 Å². The number of fused-ring (bicyclic) bond motifs is 1. The number of hydrogen-bond donors (Lipinski definition) is 0. The van der Waals surface area contributed by atoms with Crippen LogP contribution in [0.2, 0.25) is 0 Å². The minimum Gasteiger partial charge on any atom is -0.304 e. The zero-order valence-electron chi connectivity index (χ0n) is 13.3. The van der Waals surface area contributed by atoms with Crippen molar-refractivity contribution in [3.63, 3.8) is 0 Å². The number of urea groups is 1. The Morgan fingerprint density at radius 3 is 2.08 bits per heavy atom. The lowest BCUT2D eigenvalue weighted by atomic mass is 9.98. The Labute approximate surface area is 138 Å². The molecular weight excluding hydrogens is 310 g/mol. The summed E-state index contributed by atoms with van der Waals surface area (Å²) in [5.74, 6) is -2.01. The summed E-state index contributed by atoms with van der Waals surface area (Å²) >= 11 is 0. The van der Waals surface area contributed by atoms with Gasteiger partial charge in [0.15, 0.2) is 0 Å². The van der Waals surface area contributed by atoms with Gasteiger partial charge in [-0.05, 0) is 6.07 Å². The maximum Gasteiger partial charge on any atom is 0.333 e. The Morgan fingerprint density at radius 1 is 0.917 bits per heavy atom. The summed E-state index contributed by atoms with van der Waals surface area (Å²) in [6, 6.07) is 6.18. The first-order valence-electron chi connectivity index (χ1n) is 7.26. The first-order chi connectivity index (χ1) is 11.4. The van der Waals surface area contributed by atoms with Gasteiger partial charge in [0, 0.05) is 26.2 Å². The van der Waals surface area contributed by atoms with Gasteiger partial charge in [-0.1, -0.05) is 24.3 Å². The minimum absolute atomic E-state index is 0.0219. The zero-order chi connectivity index (χ0) is 17.6. The van der Waals surface area contributed by atoms with Crippen molar-refractivity contribution in [2.45, 2.75) is 0 Å². The van der Waals surface area contributed by atoms with Gasteiger partial charge in [0.2, 0.25) is 0 Å². The molecule has 0 N–H and O–H groups in total. The molecule has 0 bridgehead atoms. The van der Waals surface area contributed by atoms with Crippen molar-refractivity contribution < 1.29 is 19.2 Å². The third kappa shape index (κ3) is 1.98. The maximum absolute atomic E-state index is 12.8. The highest BCUT2D eigenvalue weighted by molar-refractivity contribution is 6.44. The second kappa shape index (κ2) is 5.45. The Kier molecular flexibility index (Phi) is 3.56. The van der Waals surface area contributed by atoms with Gasteiger partial charge in [0.25, 0.3) is 17.7 Å². The van der Waals surface area contributed by atoms with E-state index in [4.69, 9.17) is 0 Å². The van der Waals surface area contributed by atoms with Crippen LogP contribution in [0.25, 0.3) is 5.57 Å². The van der Waals surface area contributed by atoms with E-state index in [0.29, 0.717) is 11.3 Å². The summed E-state index contributed by atoms with van der Waals surface area (Å²) in [5, 5.41) is 0. The number of rotatable bonds is 2. The number of nitrogens with zero attached hydrogens (tertiary/aromatic N) is 3. The van der Waals surface area contributed by atoms with Crippen LogP contribution in [-0.4, -0.2) is 54.2 Å². The minimum atomic E-state index is -0.776. The quantitative estimate of drug-likeness (QED) is 0.462. The molecule has 7 nitrogen and oxygen atoms in total. The van der Waals surface area contributed by atoms with Gasteiger partial charge in [-0.25, -0.2) is 4.79 Å². The summed E-state index contributed by atoms with van der Waals surface area (Å²) in [5.41, 5.74) is 0.835. The summed E-state index contributed by atoms with van der Waals surface area (Å²) < 4.78 is 0. The molecule has 24 heavy (non-hydrogen) atoms. The molecule has 2 aliphatic heterocycles. The first-order valence-corrected chi connectivity index (χ1v) is 7.26. The Balaban J connectivity index is 2.27. The number of anilines is 1. The van der Waals surface area contributed by atoms with Crippen LogP contribution in [0.3, 0.4) is 0 Å². The van der Waals surface area contributed by atoms with Crippen molar-refractivity contribution in [1.29, 1.82) is 0 Å². The average Bonchev–Trinajstić information content (AvgIpc) is 2.85. The van der Waals surface area contributed by atoms with Crippen LogP contribution in [0.1, 0.15) is 5.56 Å². The molecule has 0 spiro atoms. The van der Waals surface area contributed by atoms with E-state index < -0.39 is 23.8 Å². The van der Waals surface area contributed by atoms with Crippen LogP contribution >= 0.6 is 0 Å². The van der Waals surface area contributed by atoms with Crippen molar-refractivity contribution in [2.24, 2.45) is 0 Å². The number of benzene rings is 1. The fraction of sp³-hybridized carbons (Fsp3) is 0.176. The molecule has 7 heteroatoms. The van der Waals surface area contributed by atoms with E-state index in [1.54, 1.807) is 30.3 Å². The van der Waals surface area contributed by atoms with Crippen LogP contribution in [0.5, 0.6) is 0 Å². The number of imide groups is 2. The summed E-state index contributed by atoms with van der Waals surface area (Å²) in [4.78, 5) is 52.8. The largest absolute Gasteiger partial charge is 0.333 e. The molecule has 0 saturated carbocycles. The van der Waals surface area contributed by atoms with E-state index in [0.717, 1.165) is 9.80 Å². The van der Waals surface area contributed by atoms with Crippen LogP contribution in [0.4, 0.5) is 10.5 Å². The second-order valence-electron chi connectivity index (χ2n) is 5.48. The van der Waals surface area contributed by atoms with Crippen LogP contribution in [0.15, 0.2) is 42.5 Å². The molecule has 5 amide bonds. The van der Waals surface area contributed by atoms with Gasteiger partial charge in [0.1, 0.15) is 5.57 Å². The number of para-hydroxylation sites is 1. The summed E-state index contributed by atoms with van der Waals surface area (Å²) in [6.45, 7) is 3.88. The Bertz CT molecular complexity index is 814. The van der Waals surface area contributed by atoms with Gasteiger partial charge in [-0.3, -0.25) is 24.2 Å². The van der Waals surface area contributed by atoms with Crippen LogP contribution in [-0.2, 0) is 14.4 Å². The van der Waals surface area contributed by atoms with Crippen molar-refractivity contribution in [1.82, 2.24) is 9.80 Å². The second-order valence-corrected chi connectivity index (χ2v) is 5.48. The average molecular weight is 325 g/mol. The summed E-state index contributed by atoms with van der Waals surface area (Å²) in [6.07, 6.45) is 1.56. The maximum atomic E-state index is 12.8. The first kappa shape index (κ1) is 15.7. The van der Waals surface area contributed by atoms with Gasteiger partial charge in [-0.2, -0.15) is 0 Å². The standard InChI is InChI=1S/C17H15N3O4/c1-4-9-20-11-8-6-5-7-10(11)12(16(20)23)13-14(21)18(2)17(24)19(3)15(13)22/h4-8H,1,9H2,2-3H3. The molecule has 2 heterocycles. The topological polar surface area (TPSA) is 78.0 Å². The lowest BCUT2D eigenvalue weighted by Gasteiger charge is -2.29. The van der Waals surface area contributed by atoms with Gasteiger partial charge < -0.3 is 4.90 Å². The number of hydrogen-bond acceptors (Lipinski definition) is 4. The van der Waals surface area contributed by atoms with Gasteiger partial charge in [0.05, 0.1) is 11.3 Å². The number of likely N-dealkylation sites (N-methyl/N-ethyl adjacent to an activating group) is 2. The highest BCUT2D eigenvalue weighted by Crippen LogP contribution is 2.39. The van der Waals surface area contributed by atoms with Crippen LogP contribution in [0, 0.1) is 0 Å². The predicted molar refractivity (Wildman–Crippen MR) is 86.8 cm³/mol. The fourth-order valence-corrected chi connectivity index (χ4v) is 2.87. The number of barbiturate groups is 1. The van der Waals surface area contributed by atoms with E-state index in [1.165, 1.54) is 19.0 Å². The smallest absolute Gasteiger partial charge is 0.304 e. The molecule has 122 valence electrons. The number of amides is 5. The summed E-state index contributed by atoms with van der Waals surface area (Å²) in [7, 11) is 2.56. The van der Waals surface area contributed by atoms with E-state index in [9.17, 15) is 19.2 Å². The zero-order valence-corrected chi connectivity index (χ0v) is 13.3. The molecular formula is C17H15N3O4. The highest BCUT2D eigenvalue weighted by atomic mass is 16.2. The number of carbonyl (C=O) groups excluding carboxylic acids is 4. The van der Waals surface area contributed by atoms with E-state index in [2.05, 4.69) is 6.58 Å². The lowest BCUT2D eigenvalue weighted by Crippen LogP contribution is -2.53. The molecule has 0 aliphatic carbocycles. The Hall–Kier alpha value is -3.22. The number of carbonyl (C=O) groups is 4. The van der Waals surface area contributed by atoms with Crippen molar-refractivity contribution in [3.05, 3.63) is 48.1 Å². The van der Waals surface area contributed by atoms with Crippen molar-refractivity contribution in [3.8, 4) is 0 Å². The molecule has 1 aromatic rings. The normalized spacial score (nSPS) is 17.8. The molecule has 3 rings (SSSR count). The molecule has 0 atom stereocenters. The fourth-order valence-electron chi connectivity index (χ4n) is 2.87. The molecule has 0 unspecified atom stereocenters. The van der Waals surface area contributed by atoms with Gasteiger partial charge in [-0.15, -0.1) is 6.58 Å². The SMILES string of the molecule is C=CCN1C(=O)C(=C2C(=O)N(C)C(=O)N(C)C2=O)c2ccccc21. The van der Waals surface area contributed by atoms with Crippen LogP contribution < -0.4 is 4.90 Å². The van der Waals surface area contributed by atoms with E-state index in [1.807, 2.05) is 0 Å².